The molecular formula is C10H18N2O4. The Morgan fingerprint density at radius 2 is 1.75 bits per heavy atom. The van der Waals surface area contributed by atoms with Crippen molar-refractivity contribution in [2.24, 2.45) is 10.2 Å². The normalized spacial score (nSPS) is 10.8. The molecule has 0 aromatic rings. The molecule has 92 valence electrons. The summed E-state index contributed by atoms with van der Waals surface area (Å²) in [6.45, 7) is 5.70. The van der Waals surface area contributed by atoms with Gasteiger partial charge in [-0.1, -0.05) is 30.0 Å². The summed E-state index contributed by atoms with van der Waals surface area (Å²) in [5, 5.41) is 6.12. The van der Waals surface area contributed by atoms with Crippen molar-refractivity contribution in [3.8, 4) is 0 Å². The molecule has 6 nitrogen and oxygen atoms in total. The molecule has 0 heterocycles. The summed E-state index contributed by atoms with van der Waals surface area (Å²) in [6, 6.07) is 0. The number of unbranched alkanes of at least 4 members (excludes halogenated alkanes) is 2. The molecule has 0 saturated heterocycles. The number of rotatable bonds is 5. The third-order valence-corrected chi connectivity index (χ3v) is 1.52. The maximum atomic E-state index is 10.9. The van der Waals surface area contributed by atoms with Crippen LogP contribution in [0, 0.1) is 0 Å². The average Bonchev–Trinajstić information content (AvgIpc) is 2.20. The molecule has 0 aliphatic carbocycles. The van der Waals surface area contributed by atoms with E-state index in [4.69, 9.17) is 4.74 Å². The lowest BCUT2D eigenvalue weighted by atomic mass is 10.3. The first-order chi connectivity index (χ1) is 7.56. The molecule has 0 aliphatic rings. The summed E-state index contributed by atoms with van der Waals surface area (Å²) in [6.07, 6.45) is 0.776. The fourth-order valence-electron chi connectivity index (χ4n) is 0.847. The van der Waals surface area contributed by atoms with E-state index in [0.717, 1.165) is 19.3 Å². The summed E-state index contributed by atoms with van der Waals surface area (Å²) in [5.41, 5.74) is 0. The zero-order valence-corrected chi connectivity index (χ0v) is 9.93. The van der Waals surface area contributed by atoms with Crippen molar-refractivity contribution in [1.82, 2.24) is 0 Å². The van der Waals surface area contributed by atoms with Crippen LogP contribution in [0.25, 0.3) is 0 Å². The van der Waals surface area contributed by atoms with Crippen molar-refractivity contribution in [2.75, 3.05) is 6.61 Å². The van der Waals surface area contributed by atoms with Gasteiger partial charge in [-0.2, -0.15) is 0 Å². The van der Waals surface area contributed by atoms with Crippen LogP contribution in [0.5, 0.6) is 0 Å². The van der Waals surface area contributed by atoms with Crippen LogP contribution in [0.3, 0.4) is 0 Å². The van der Waals surface area contributed by atoms with Crippen molar-refractivity contribution in [2.45, 2.75) is 46.1 Å². The lowest BCUT2D eigenvalue weighted by Crippen LogP contribution is -2.07. The highest BCUT2D eigenvalue weighted by Crippen LogP contribution is 1.97. The highest BCUT2D eigenvalue weighted by Gasteiger charge is 2.05. The Hall–Kier alpha value is -1.46. The first kappa shape index (κ1) is 14.5. The van der Waals surface area contributed by atoms with Gasteiger partial charge < -0.3 is 9.47 Å². The second-order valence-corrected chi connectivity index (χ2v) is 3.45. The average molecular weight is 230 g/mol. The Morgan fingerprint density at radius 1 is 1.12 bits per heavy atom. The molecule has 2 amide bonds. The predicted octanol–water partition coefficient (Wildman–Crippen LogP) is 3.31. The van der Waals surface area contributed by atoms with Gasteiger partial charge in [-0.15, -0.1) is 0 Å². The summed E-state index contributed by atoms with van der Waals surface area (Å²) >= 11 is 0. The molecule has 0 unspecified atom stereocenters. The monoisotopic (exact) mass is 230 g/mol. The molecular weight excluding hydrogens is 212 g/mol. The molecule has 0 N–H and O–H groups in total. The number of nitrogens with zero attached hydrogens (tertiary/aromatic N) is 2. The number of carbonyl (C=O) groups excluding carboxylic acids is 2. The second-order valence-electron chi connectivity index (χ2n) is 3.45. The van der Waals surface area contributed by atoms with Gasteiger partial charge in [0, 0.05) is 0 Å². The van der Waals surface area contributed by atoms with Gasteiger partial charge in [0.25, 0.3) is 0 Å². The molecule has 0 rings (SSSR count). The van der Waals surface area contributed by atoms with Crippen LogP contribution in [0.15, 0.2) is 10.2 Å². The Morgan fingerprint density at radius 3 is 2.31 bits per heavy atom. The smallest absolute Gasteiger partial charge is 0.447 e. The van der Waals surface area contributed by atoms with E-state index in [1.165, 1.54) is 0 Å². The van der Waals surface area contributed by atoms with E-state index in [1.54, 1.807) is 13.8 Å². The zero-order valence-electron chi connectivity index (χ0n) is 9.93. The zero-order chi connectivity index (χ0) is 12.4. The first-order valence-corrected chi connectivity index (χ1v) is 5.35. The third-order valence-electron chi connectivity index (χ3n) is 1.52. The Bertz CT molecular complexity index is 251. The maximum Gasteiger partial charge on any atom is 0.452 e. The molecule has 0 aromatic carbocycles. The van der Waals surface area contributed by atoms with Crippen LogP contribution in [0.2, 0.25) is 0 Å². The highest BCUT2D eigenvalue weighted by molar-refractivity contribution is 5.73. The topological polar surface area (TPSA) is 77.3 Å². The third kappa shape index (κ3) is 9.11. The summed E-state index contributed by atoms with van der Waals surface area (Å²) < 4.78 is 9.33. The predicted molar refractivity (Wildman–Crippen MR) is 57.3 cm³/mol. The molecule has 0 fully saturated rings. The standard InChI is InChI=1S/C10H18N2O4/c1-4-5-6-7-15-9(13)11-12-10(14)16-8(2)3/h8H,4-7H2,1-3H3. The minimum Gasteiger partial charge on any atom is -0.447 e. The number of amides is 2. The molecule has 16 heavy (non-hydrogen) atoms. The van der Waals surface area contributed by atoms with E-state index >= 15 is 0 Å². The molecule has 0 bridgehead atoms. The summed E-state index contributed by atoms with van der Waals surface area (Å²) in [4.78, 5) is 21.7. The molecule has 0 saturated carbocycles. The maximum absolute atomic E-state index is 10.9. The first-order valence-electron chi connectivity index (χ1n) is 5.35. The van der Waals surface area contributed by atoms with Gasteiger partial charge in [0.15, 0.2) is 0 Å². The Labute approximate surface area is 95.0 Å². The van der Waals surface area contributed by atoms with Crippen molar-refractivity contribution in [1.29, 1.82) is 0 Å². The van der Waals surface area contributed by atoms with Gasteiger partial charge in [-0.05, 0) is 20.3 Å². The van der Waals surface area contributed by atoms with Gasteiger partial charge in [0.05, 0.1) is 12.7 Å². The Balaban J connectivity index is 3.69. The SMILES string of the molecule is CCCCCOC(=O)N=NC(=O)OC(C)C. The van der Waals surface area contributed by atoms with Crippen LogP contribution in [-0.4, -0.2) is 24.9 Å². The number of hydrogen-bond acceptors (Lipinski definition) is 4. The van der Waals surface area contributed by atoms with Gasteiger partial charge in [-0.25, -0.2) is 9.59 Å². The van der Waals surface area contributed by atoms with Crippen molar-refractivity contribution >= 4 is 12.2 Å². The van der Waals surface area contributed by atoms with E-state index in [-0.39, 0.29) is 6.10 Å². The van der Waals surface area contributed by atoms with Gasteiger partial charge >= 0.3 is 12.2 Å². The number of ether oxygens (including phenoxy) is 2. The summed E-state index contributed by atoms with van der Waals surface area (Å²) in [5.74, 6) is 0. The van der Waals surface area contributed by atoms with Crippen molar-refractivity contribution < 1.29 is 19.1 Å². The Kier molecular flexibility index (Phi) is 8.01. The van der Waals surface area contributed by atoms with E-state index in [9.17, 15) is 9.59 Å². The molecule has 0 aliphatic heterocycles. The van der Waals surface area contributed by atoms with Gasteiger partial charge in [-0.3, -0.25) is 0 Å². The van der Waals surface area contributed by atoms with Crippen molar-refractivity contribution in [3.05, 3.63) is 0 Å². The second kappa shape index (κ2) is 8.82. The largest absolute Gasteiger partial charge is 0.452 e. The lowest BCUT2D eigenvalue weighted by molar-refractivity contribution is 0.121. The van der Waals surface area contributed by atoms with Gasteiger partial charge in [0.1, 0.15) is 0 Å². The van der Waals surface area contributed by atoms with E-state index in [2.05, 4.69) is 15.0 Å². The molecule has 0 spiro atoms. The van der Waals surface area contributed by atoms with Crippen LogP contribution >= 0.6 is 0 Å². The van der Waals surface area contributed by atoms with Gasteiger partial charge in [0.2, 0.25) is 0 Å². The fraction of sp³-hybridized carbons (Fsp3) is 0.800. The highest BCUT2D eigenvalue weighted by atomic mass is 16.6. The van der Waals surface area contributed by atoms with E-state index in [0.29, 0.717) is 6.61 Å². The molecule has 0 aromatic heterocycles. The molecule has 0 radical (unpaired) electrons. The minimum absolute atomic E-state index is 0.285. The van der Waals surface area contributed by atoms with E-state index in [1.807, 2.05) is 6.92 Å². The minimum atomic E-state index is -0.888. The number of hydrogen-bond donors (Lipinski definition) is 0. The van der Waals surface area contributed by atoms with Crippen LogP contribution < -0.4 is 0 Å². The fourth-order valence-corrected chi connectivity index (χ4v) is 0.847. The number of azo groups is 1. The van der Waals surface area contributed by atoms with Crippen LogP contribution in [0.4, 0.5) is 9.59 Å². The van der Waals surface area contributed by atoms with E-state index < -0.39 is 12.2 Å². The quantitative estimate of drug-likeness (QED) is 0.536. The lowest BCUT2D eigenvalue weighted by Gasteiger charge is -2.02. The van der Waals surface area contributed by atoms with Crippen LogP contribution in [-0.2, 0) is 9.47 Å². The van der Waals surface area contributed by atoms with Crippen LogP contribution in [0.1, 0.15) is 40.0 Å². The molecule has 0 atom stereocenters. The number of carbonyl (C=O) groups is 2. The van der Waals surface area contributed by atoms with Crippen molar-refractivity contribution in [3.63, 3.8) is 0 Å². The summed E-state index contributed by atoms with van der Waals surface area (Å²) in [7, 11) is 0. The molecule has 6 heteroatoms.